The van der Waals surface area contributed by atoms with E-state index in [0.29, 0.717) is 6.61 Å². The van der Waals surface area contributed by atoms with E-state index in [9.17, 15) is 0 Å². The maximum absolute atomic E-state index is 6.11. The average molecular weight is 393 g/mol. The molecule has 29 heavy (non-hydrogen) atoms. The van der Waals surface area contributed by atoms with Gasteiger partial charge in [-0.2, -0.15) is 5.10 Å². The number of hydrogen-bond acceptors (Lipinski definition) is 6. The molecule has 1 aromatic carbocycles. The van der Waals surface area contributed by atoms with Gasteiger partial charge in [0.2, 0.25) is 0 Å². The molecule has 7 nitrogen and oxygen atoms in total. The highest BCUT2D eigenvalue weighted by Gasteiger charge is 2.27. The van der Waals surface area contributed by atoms with Crippen molar-refractivity contribution in [3.8, 4) is 17.0 Å². The van der Waals surface area contributed by atoms with Crippen LogP contribution in [0.4, 0.5) is 0 Å². The first kappa shape index (κ1) is 19.5. The van der Waals surface area contributed by atoms with E-state index in [1.807, 2.05) is 28.9 Å². The lowest BCUT2D eigenvalue weighted by molar-refractivity contribution is -0.0349. The number of morpholine rings is 1. The monoisotopic (exact) mass is 393 g/mol. The van der Waals surface area contributed by atoms with Gasteiger partial charge < -0.3 is 9.47 Å². The number of aromatic nitrogens is 4. The minimum Gasteiger partial charge on any atom is -0.497 e. The second-order valence-electron chi connectivity index (χ2n) is 7.21. The van der Waals surface area contributed by atoms with Crippen LogP contribution in [0, 0.1) is 6.92 Å². The highest BCUT2D eigenvalue weighted by Crippen LogP contribution is 2.31. The molecule has 0 saturated carbocycles. The fourth-order valence-corrected chi connectivity index (χ4v) is 3.71. The van der Waals surface area contributed by atoms with Crippen molar-refractivity contribution in [1.82, 2.24) is 24.6 Å². The van der Waals surface area contributed by atoms with Crippen molar-refractivity contribution < 1.29 is 9.47 Å². The van der Waals surface area contributed by atoms with Gasteiger partial charge >= 0.3 is 0 Å². The average Bonchev–Trinajstić information content (AvgIpc) is 3.13. The number of aryl methyl sites for hydroxylation is 2. The van der Waals surface area contributed by atoms with Gasteiger partial charge in [-0.15, -0.1) is 0 Å². The molecule has 0 radical (unpaired) electrons. The lowest BCUT2D eigenvalue weighted by atomic mass is 10.0. The van der Waals surface area contributed by atoms with Crippen LogP contribution in [0.2, 0.25) is 0 Å². The SMILES string of the molecule is CCn1cc(CN2CCOC(c3nccnc3-c3cccc(OC)c3)C2)c(C)n1. The Hall–Kier alpha value is -2.77. The maximum Gasteiger partial charge on any atom is 0.119 e. The van der Waals surface area contributed by atoms with Gasteiger partial charge in [-0.1, -0.05) is 12.1 Å². The van der Waals surface area contributed by atoms with Crippen LogP contribution in [0.5, 0.6) is 5.75 Å². The first-order chi connectivity index (χ1) is 14.2. The van der Waals surface area contributed by atoms with Gasteiger partial charge in [0, 0.05) is 55.9 Å². The van der Waals surface area contributed by atoms with E-state index in [1.54, 1.807) is 19.5 Å². The van der Waals surface area contributed by atoms with E-state index >= 15 is 0 Å². The molecule has 0 aliphatic carbocycles. The minimum absolute atomic E-state index is 0.125. The lowest BCUT2D eigenvalue weighted by Gasteiger charge is -2.33. The third kappa shape index (κ3) is 4.31. The quantitative estimate of drug-likeness (QED) is 0.641. The lowest BCUT2D eigenvalue weighted by Crippen LogP contribution is -2.38. The number of methoxy groups -OCH3 is 1. The van der Waals surface area contributed by atoms with Gasteiger partial charge in [-0.25, -0.2) is 0 Å². The van der Waals surface area contributed by atoms with Crippen molar-refractivity contribution in [3.63, 3.8) is 0 Å². The van der Waals surface area contributed by atoms with Gasteiger partial charge in [0.15, 0.2) is 0 Å². The number of benzene rings is 1. The van der Waals surface area contributed by atoms with E-state index in [4.69, 9.17) is 9.47 Å². The molecule has 1 aliphatic heterocycles. The van der Waals surface area contributed by atoms with E-state index in [1.165, 1.54) is 5.56 Å². The zero-order chi connectivity index (χ0) is 20.2. The summed E-state index contributed by atoms with van der Waals surface area (Å²) in [5.74, 6) is 0.800. The van der Waals surface area contributed by atoms with Crippen LogP contribution < -0.4 is 4.74 Å². The van der Waals surface area contributed by atoms with Crippen molar-refractivity contribution in [1.29, 1.82) is 0 Å². The molecule has 1 fully saturated rings. The second-order valence-corrected chi connectivity index (χ2v) is 7.21. The van der Waals surface area contributed by atoms with Crippen LogP contribution in [0.1, 0.15) is 30.0 Å². The molecule has 0 N–H and O–H groups in total. The van der Waals surface area contributed by atoms with Gasteiger partial charge in [-0.3, -0.25) is 19.5 Å². The van der Waals surface area contributed by atoms with Crippen molar-refractivity contribution in [2.45, 2.75) is 33.0 Å². The van der Waals surface area contributed by atoms with Crippen LogP contribution in [-0.2, 0) is 17.8 Å². The zero-order valence-corrected chi connectivity index (χ0v) is 17.2. The molecule has 2 aromatic heterocycles. The zero-order valence-electron chi connectivity index (χ0n) is 17.2. The Morgan fingerprint density at radius 1 is 1.24 bits per heavy atom. The molecular formula is C22H27N5O2. The molecule has 0 amide bonds. The third-order valence-corrected chi connectivity index (χ3v) is 5.29. The van der Waals surface area contributed by atoms with Crippen LogP contribution in [0.25, 0.3) is 11.3 Å². The van der Waals surface area contributed by atoms with Gasteiger partial charge in [0.1, 0.15) is 11.9 Å². The molecule has 1 aliphatic rings. The number of hydrogen-bond donors (Lipinski definition) is 0. The summed E-state index contributed by atoms with van der Waals surface area (Å²) < 4.78 is 13.5. The Balaban J connectivity index is 1.56. The highest BCUT2D eigenvalue weighted by molar-refractivity contribution is 5.63. The summed E-state index contributed by atoms with van der Waals surface area (Å²) in [5, 5.41) is 4.57. The molecule has 1 saturated heterocycles. The van der Waals surface area contributed by atoms with Crippen molar-refractivity contribution in [3.05, 3.63) is 59.8 Å². The van der Waals surface area contributed by atoms with Crippen LogP contribution in [0.15, 0.2) is 42.9 Å². The van der Waals surface area contributed by atoms with Crippen molar-refractivity contribution >= 4 is 0 Å². The van der Waals surface area contributed by atoms with Crippen LogP contribution in [-0.4, -0.2) is 51.5 Å². The number of nitrogens with zero attached hydrogens (tertiary/aromatic N) is 5. The van der Waals surface area contributed by atoms with Crippen molar-refractivity contribution in [2.75, 3.05) is 26.8 Å². The predicted octanol–water partition coefficient (Wildman–Crippen LogP) is 3.25. The standard InChI is InChI=1S/C22H27N5O2/c1-4-27-14-18(16(2)25-27)13-26-10-11-29-20(15-26)22-21(23-8-9-24-22)17-6-5-7-19(12-17)28-3/h5-9,12,14,20H,4,10-11,13,15H2,1-3H3. The minimum atomic E-state index is -0.125. The summed E-state index contributed by atoms with van der Waals surface area (Å²) in [6.45, 7) is 8.25. The van der Waals surface area contributed by atoms with Gasteiger partial charge in [0.05, 0.1) is 30.8 Å². The molecule has 152 valence electrons. The van der Waals surface area contributed by atoms with E-state index in [0.717, 1.165) is 54.6 Å². The van der Waals surface area contributed by atoms with E-state index < -0.39 is 0 Å². The summed E-state index contributed by atoms with van der Waals surface area (Å²) in [6, 6.07) is 7.90. The maximum atomic E-state index is 6.11. The summed E-state index contributed by atoms with van der Waals surface area (Å²) >= 11 is 0. The predicted molar refractivity (Wildman–Crippen MR) is 111 cm³/mol. The van der Waals surface area contributed by atoms with E-state index in [2.05, 4.69) is 40.0 Å². The van der Waals surface area contributed by atoms with Gasteiger partial charge in [-0.05, 0) is 26.0 Å². The topological polar surface area (TPSA) is 65.3 Å². The fourth-order valence-electron chi connectivity index (χ4n) is 3.71. The Labute approximate surface area is 171 Å². The molecule has 1 unspecified atom stereocenters. The molecule has 1 atom stereocenters. The molecule has 0 spiro atoms. The summed E-state index contributed by atoms with van der Waals surface area (Å²) in [4.78, 5) is 11.7. The molecule has 3 aromatic rings. The Morgan fingerprint density at radius 3 is 2.90 bits per heavy atom. The third-order valence-electron chi connectivity index (χ3n) is 5.29. The molecule has 4 rings (SSSR count). The Morgan fingerprint density at radius 2 is 2.10 bits per heavy atom. The summed E-state index contributed by atoms with van der Waals surface area (Å²) in [5.41, 5.74) is 5.04. The van der Waals surface area contributed by atoms with E-state index in [-0.39, 0.29) is 6.10 Å². The Bertz CT molecular complexity index is 971. The van der Waals surface area contributed by atoms with Crippen LogP contribution >= 0.6 is 0 Å². The molecular weight excluding hydrogens is 366 g/mol. The smallest absolute Gasteiger partial charge is 0.119 e. The number of rotatable bonds is 6. The van der Waals surface area contributed by atoms with Crippen LogP contribution in [0.3, 0.4) is 0 Å². The molecule has 3 heterocycles. The normalized spacial score (nSPS) is 17.4. The first-order valence-electron chi connectivity index (χ1n) is 10.00. The largest absolute Gasteiger partial charge is 0.497 e. The van der Waals surface area contributed by atoms with Gasteiger partial charge in [0.25, 0.3) is 0 Å². The number of ether oxygens (including phenoxy) is 2. The fraction of sp³-hybridized carbons (Fsp3) is 0.409. The molecule has 7 heteroatoms. The van der Waals surface area contributed by atoms with Crippen molar-refractivity contribution in [2.24, 2.45) is 0 Å². The summed E-state index contributed by atoms with van der Waals surface area (Å²) in [7, 11) is 1.67. The second kappa shape index (κ2) is 8.71. The highest BCUT2D eigenvalue weighted by atomic mass is 16.5. The summed E-state index contributed by atoms with van der Waals surface area (Å²) in [6.07, 6.45) is 5.47. The Kier molecular flexibility index (Phi) is 5.87. The first-order valence-corrected chi connectivity index (χ1v) is 10.00. The molecule has 0 bridgehead atoms.